The molecular weight excluding hydrogens is 356 g/mol. The quantitative estimate of drug-likeness (QED) is 0.552. The Morgan fingerprint density at radius 1 is 1.00 bits per heavy atom. The van der Waals surface area contributed by atoms with Crippen LogP contribution in [-0.4, -0.2) is 39.6 Å². The van der Waals surface area contributed by atoms with Crippen molar-refractivity contribution in [2.24, 2.45) is 0 Å². The average molecular weight is 374 g/mol. The standard InChI is InChI=1S/C21H18N4O3/c1-12-16(11-17-19(26)22-21(28)24(3)20(17)27)13(2)25(23-12)18-10-6-8-14-7-4-5-9-15(14)18/h4-11H,1-3H3,(H,22,26,28)/b17-11+. The lowest BCUT2D eigenvalue weighted by atomic mass is 10.1. The second-order valence-corrected chi connectivity index (χ2v) is 6.68. The molecule has 0 spiro atoms. The number of hydrogen-bond acceptors (Lipinski definition) is 4. The molecule has 1 aliphatic rings. The first-order valence-corrected chi connectivity index (χ1v) is 8.78. The smallest absolute Gasteiger partial charge is 0.273 e. The van der Waals surface area contributed by atoms with Gasteiger partial charge in [0.15, 0.2) is 0 Å². The van der Waals surface area contributed by atoms with Gasteiger partial charge in [-0.05, 0) is 31.4 Å². The Morgan fingerprint density at radius 2 is 1.71 bits per heavy atom. The second kappa shape index (κ2) is 6.45. The van der Waals surface area contributed by atoms with Crippen molar-refractivity contribution in [3.63, 3.8) is 0 Å². The van der Waals surface area contributed by atoms with Crippen LogP contribution < -0.4 is 5.32 Å². The van der Waals surface area contributed by atoms with E-state index in [1.165, 1.54) is 13.1 Å². The number of aryl methyl sites for hydroxylation is 1. The van der Waals surface area contributed by atoms with Crippen LogP contribution in [0.2, 0.25) is 0 Å². The summed E-state index contributed by atoms with van der Waals surface area (Å²) >= 11 is 0. The topological polar surface area (TPSA) is 84.3 Å². The SMILES string of the molecule is Cc1nn(-c2cccc3ccccc23)c(C)c1/C=C1\C(=O)NC(=O)N(C)C1=O. The van der Waals surface area contributed by atoms with Crippen LogP contribution in [0.5, 0.6) is 0 Å². The molecule has 0 atom stereocenters. The van der Waals surface area contributed by atoms with Crippen molar-refractivity contribution >= 4 is 34.7 Å². The van der Waals surface area contributed by atoms with Crippen molar-refractivity contribution in [1.29, 1.82) is 0 Å². The van der Waals surface area contributed by atoms with Crippen molar-refractivity contribution in [2.75, 3.05) is 7.05 Å². The Hall–Kier alpha value is -3.74. The minimum absolute atomic E-state index is 0.0919. The zero-order valence-corrected chi connectivity index (χ0v) is 15.7. The lowest BCUT2D eigenvalue weighted by Gasteiger charge is -2.22. The lowest BCUT2D eigenvalue weighted by Crippen LogP contribution is -2.52. The molecule has 1 aromatic heterocycles. The Balaban J connectivity index is 1.86. The second-order valence-electron chi connectivity index (χ2n) is 6.68. The van der Waals surface area contributed by atoms with Gasteiger partial charge in [-0.2, -0.15) is 5.10 Å². The zero-order valence-electron chi connectivity index (χ0n) is 15.7. The number of barbiturate groups is 1. The van der Waals surface area contributed by atoms with E-state index < -0.39 is 17.8 Å². The maximum Gasteiger partial charge on any atom is 0.331 e. The number of hydrogen-bond donors (Lipinski definition) is 1. The minimum Gasteiger partial charge on any atom is -0.273 e. The maximum absolute atomic E-state index is 12.4. The third-order valence-electron chi connectivity index (χ3n) is 4.94. The third kappa shape index (κ3) is 2.68. The third-order valence-corrected chi connectivity index (χ3v) is 4.94. The van der Waals surface area contributed by atoms with Gasteiger partial charge < -0.3 is 0 Å². The van der Waals surface area contributed by atoms with Gasteiger partial charge in [0.05, 0.1) is 11.4 Å². The van der Waals surface area contributed by atoms with Crippen LogP contribution in [-0.2, 0) is 9.59 Å². The lowest BCUT2D eigenvalue weighted by molar-refractivity contribution is -0.129. The van der Waals surface area contributed by atoms with E-state index >= 15 is 0 Å². The first-order chi connectivity index (χ1) is 13.4. The Bertz CT molecular complexity index is 1180. The molecule has 140 valence electrons. The van der Waals surface area contributed by atoms with E-state index in [9.17, 15) is 14.4 Å². The van der Waals surface area contributed by atoms with Crippen LogP contribution >= 0.6 is 0 Å². The molecule has 0 unspecified atom stereocenters. The molecule has 0 saturated carbocycles. The van der Waals surface area contributed by atoms with Crippen molar-refractivity contribution in [2.45, 2.75) is 13.8 Å². The Labute approximate surface area is 161 Å². The number of carbonyl (C=O) groups excluding carboxylic acids is 3. The highest BCUT2D eigenvalue weighted by Gasteiger charge is 2.33. The molecule has 4 rings (SSSR count). The summed E-state index contributed by atoms with van der Waals surface area (Å²) in [6.07, 6.45) is 1.50. The largest absolute Gasteiger partial charge is 0.331 e. The monoisotopic (exact) mass is 374 g/mol. The van der Waals surface area contributed by atoms with E-state index in [1.54, 1.807) is 0 Å². The van der Waals surface area contributed by atoms with Crippen molar-refractivity contribution in [3.8, 4) is 5.69 Å². The van der Waals surface area contributed by atoms with Crippen LogP contribution in [0.25, 0.3) is 22.5 Å². The molecule has 2 aromatic carbocycles. The van der Waals surface area contributed by atoms with Gasteiger partial charge in [-0.1, -0.05) is 36.4 Å². The first-order valence-electron chi connectivity index (χ1n) is 8.78. The Morgan fingerprint density at radius 3 is 2.50 bits per heavy atom. The molecule has 0 radical (unpaired) electrons. The van der Waals surface area contributed by atoms with Gasteiger partial charge in [0.1, 0.15) is 5.57 Å². The number of likely N-dealkylation sites (N-methyl/N-ethyl adjacent to an activating group) is 1. The summed E-state index contributed by atoms with van der Waals surface area (Å²) in [6, 6.07) is 13.3. The van der Waals surface area contributed by atoms with Crippen molar-refractivity contribution in [3.05, 3.63) is 65.0 Å². The minimum atomic E-state index is -0.730. The molecule has 1 saturated heterocycles. The van der Waals surface area contributed by atoms with E-state index in [0.29, 0.717) is 11.3 Å². The molecule has 1 N–H and O–H groups in total. The number of nitrogens with zero attached hydrogens (tertiary/aromatic N) is 3. The number of urea groups is 1. The van der Waals surface area contributed by atoms with E-state index in [2.05, 4.69) is 10.4 Å². The molecule has 28 heavy (non-hydrogen) atoms. The van der Waals surface area contributed by atoms with Gasteiger partial charge in [-0.25, -0.2) is 9.48 Å². The summed E-state index contributed by atoms with van der Waals surface area (Å²) in [6.45, 7) is 3.70. The average Bonchev–Trinajstić information content (AvgIpc) is 2.96. The number of nitrogens with one attached hydrogen (secondary N) is 1. The van der Waals surface area contributed by atoms with Gasteiger partial charge in [-0.3, -0.25) is 19.8 Å². The number of rotatable bonds is 2. The normalized spacial score (nSPS) is 16.2. The van der Waals surface area contributed by atoms with Crippen molar-refractivity contribution < 1.29 is 14.4 Å². The zero-order chi connectivity index (χ0) is 20.0. The molecule has 2 heterocycles. The van der Waals surface area contributed by atoms with E-state index in [0.717, 1.165) is 27.1 Å². The number of benzene rings is 2. The number of fused-ring (bicyclic) bond motifs is 1. The summed E-state index contributed by atoms with van der Waals surface area (Å²) in [5, 5.41) is 8.93. The number of imide groups is 2. The van der Waals surface area contributed by atoms with Crippen LogP contribution in [0, 0.1) is 13.8 Å². The molecule has 0 bridgehead atoms. The van der Waals surface area contributed by atoms with Crippen LogP contribution in [0.3, 0.4) is 0 Å². The molecule has 3 aromatic rings. The van der Waals surface area contributed by atoms with E-state index in [1.807, 2.05) is 61.0 Å². The maximum atomic E-state index is 12.4. The predicted molar refractivity (Wildman–Crippen MR) is 105 cm³/mol. The highest BCUT2D eigenvalue weighted by Crippen LogP contribution is 2.26. The molecule has 7 nitrogen and oxygen atoms in total. The summed E-state index contributed by atoms with van der Waals surface area (Å²) in [4.78, 5) is 37.0. The molecule has 7 heteroatoms. The number of aromatic nitrogens is 2. The first kappa shape index (κ1) is 17.7. The van der Waals surface area contributed by atoms with Gasteiger partial charge in [0.25, 0.3) is 11.8 Å². The highest BCUT2D eigenvalue weighted by atomic mass is 16.2. The van der Waals surface area contributed by atoms with Gasteiger partial charge in [0, 0.05) is 23.7 Å². The molecular formula is C21H18N4O3. The summed E-state index contributed by atoms with van der Waals surface area (Å²) < 4.78 is 1.81. The molecule has 0 aliphatic carbocycles. The van der Waals surface area contributed by atoms with E-state index in [-0.39, 0.29) is 5.57 Å². The van der Waals surface area contributed by atoms with Gasteiger partial charge >= 0.3 is 6.03 Å². The predicted octanol–water partition coefficient (Wildman–Crippen LogP) is 2.73. The molecule has 1 fully saturated rings. The Kier molecular flexibility index (Phi) is 4.07. The summed E-state index contributed by atoms with van der Waals surface area (Å²) in [7, 11) is 1.33. The number of carbonyl (C=O) groups is 3. The van der Waals surface area contributed by atoms with Crippen LogP contribution in [0.1, 0.15) is 17.0 Å². The summed E-state index contributed by atoms with van der Waals surface area (Å²) in [5.41, 5.74) is 2.97. The molecule has 1 aliphatic heterocycles. The van der Waals surface area contributed by atoms with Crippen LogP contribution in [0.15, 0.2) is 48.0 Å². The number of amides is 4. The highest BCUT2D eigenvalue weighted by molar-refractivity contribution is 6.30. The van der Waals surface area contributed by atoms with E-state index in [4.69, 9.17) is 0 Å². The van der Waals surface area contributed by atoms with Crippen LogP contribution in [0.4, 0.5) is 4.79 Å². The van der Waals surface area contributed by atoms with Gasteiger partial charge in [-0.15, -0.1) is 0 Å². The fourth-order valence-electron chi connectivity index (χ4n) is 3.38. The summed E-state index contributed by atoms with van der Waals surface area (Å²) in [5.74, 6) is -1.34. The van der Waals surface area contributed by atoms with Gasteiger partial charge in [0.2, 0.25) is 0 Å². The van der Waals surface area contributed by atoms with Crippen molar-refractivity contribution in [1.82, 2.24) is 20.0 Å². The molecule has 4 amide bonds. The fourth-order valence-corrected chi connectivity index (χ4v) is 3.38. The fraction of sp³-hybridized carbons (Fsp3) is 0.143.